The monoisotopic (exact) mass is 409 g/mol. The van der Waals surface area contributed by atoms with Crippen molar-refractivity contribution >= 4 is 17.6 Å². The molecule has 9 nitrogen and oxygen atoms in total. The summed E-state index contributed by atoms with van der Waals surface area (Å²) < 4.78 is 10.3. The number of esters is 1. The van der Waals surface area contributed by atoms with E-state index >= 15 is 0 Å². The molecule has 1 amide bonds. The maximum atomic E-state index is 12.2. The molecule has 3 aromatic rings. The Labute approximate surface area is 174 Å². The summed E-state index contributed by atoms with van der Waals surface area (Å²) in [5.74, 6) is 0.884. The second-order valence-corrected chi connectivity index (χ2v) is 6.99. The minimum atomic E-state index is -0.438. The lowest BCUT2D eigenvalue weighted by Gasteiger charge is -2.08. The van der Waals surface area contributed by atoms with Crippen LogP contribution in [0.5, 0.6) is 5.75 Å². The van der Waals surface area contributed by atoms with E-state index in [1.165, 1.54) is 11.9 Å². The van der Waals surface area contributed by atoms with Crippen molar-refractivity contribution in [1.29, 1.82) is 0 Å². The van der Waals surface area contributed by atoms with Crippen LogP contribution in [0.25, 0.3) is 11.4 Å². The van der Waals surface area contributed by atoms with Crippen molar-refractivity contribution < 1.29 is 19.1 Å². The summed E-state index contributed by atoms with van der Waals surface area (Å²) in [6.07, 6.45) is 0. The molecule has 30 heavy (non-hydrogen) atoms. The fourth-order valence-electron chi connectivity index (χ4n) is 2.53. The van der Waals surface area contributed by atoms with Crippen LogP contribution in [0.3, 0.4) is 0 Å². The van der Waals surface area contributed by atoms with Gasteiger partial charge in [0.1, 0.15) is 12.3 Å². The number of hydrogen-bond donors (Lipinski definition) is 1. The van der Waals surface area contributed by atoms with Gasteiger partial charge in [0.05, 0.1) is 19.3 Å². The van der Waals surface area contributed by atoms with Crippen LogP contribution in [0.1, 0.15) is 24.2 Å². The van der Waals surface area contributed by atoms with Gasteiger partial charge in [0.15, 0.2) is 0 Å². The van der Waals surface area contributed by atoms with Crippen molar-refractivity contribution in [3.8, 4) is 17.1 Å². The normalized spacial score (nSPS) is 10.7. The van der Waals surface area contributed by atoms with Crippen molar-refractivity contribution in [2.45, 2.75) is 20.4 Å². The first-order chi connectivity index (χ1) is 14.4. The van der Waals surface area contributed by atoms with Gasteiger partial charge in [-0.15, -0.1) is 10.2 Å². The van der Waals surface area contributed by atoms with Gasteiger partial charge in [-0.05, 0) is 59.7 Å². The molecule has 1 heterocycles. The van der Waals surface area contributed by atoms with Crippen molar-refractivity contribution in [2.24, 2.45) is 5.92 Å². The molecule has 0 spiro atoms. The molecule has 0 atom stereocenters. The molecular formula is C21H23N5O4. The number of nitrogens with one attached hydrogen (secondary N) is 1. The number of rotatable bonds is 8. The summed E-state index contributed by atoms with van der Waals surface area (Å²) in [4.78, 5) is 24.9. The van der Waals surface area contributed by atoms with Crippen LogP contribution in [-0.2, 0) is 16.1 Å². The summed E-state index contributed by atoms with van der Waals surface area (Å²) in [5.41, 5.74) is 1.72. The molecule has 1 aromatic heterocycles. The Kier molecular flexibility index (Phi) is 6.74. The lowest BCUT2D eigenvalue weighted by molar-refractivity contribution is -0.117. The molecule has 0 bridgehead atoms. The summed E-state index contributed by atoms with van der Waals surface area (Å²) in [7, 11) is 1.31. The lowest BCUT2D eigenvalue weighted by atomic mass is 10.2. The Morgan fingerprint density at radius 2 is 1.77 bits per heavy atom. The molecule has 2 aromatic carbocycles. The molecule has 3 rings (SSSR count). The number of hydrogen-bond acceptors (Lipinski definition) is 7. The number of nitrogens with zero attached hydrogens (tertiary/aromatic N) is 4. The first-order valence-corrected chi connectivity index (χ1v) is 9.44. The molecule has 9 heteroatoms. The van der Waals surface area contributed by atoms with Crippen LogP contribution >= 0.6 is 0 Å². The summed E-state index contributed by atoms with van der Waals surface area (Å²) in [5, 5.41) is 14.9. The first kappa shape index (κ1) is 21.0. The number of aromatic nitrogens is 4. The maximum absolute atomic E-state index is 12.2. The van der Waals surface area contributed by atoms with Crippen LogP contribution < -0.4 is 10.1 Å². The number of carbonyl (C=O) groups is 2. The second kappa shape index (κ2) is 9.64. The second-order valence-electron chi connectivity index (χ2n) is 6.99. The molecular weight excluding hydrogens is 386 g/mol. The van der Waals surface area contributed by atoms with E-state index < -0.39 is 5.97 Å². The van der Waals surface area contributed by atoms with Gasteiger partial charge in [0.25, 0.3) is 0 Å². The van der Waals surface area contributed by atoms with Crippen LogP contribution in [0.4, 0.5) is 5.69 Å². The average molecular weight is 409 g/mol. The van der Waals surface area contributed by atoms with Crippen molar-refractivity contribution in [1.82, 2.24) is 20.2 Å². The SMILES string of the molecule is COC(=O)c1ccc(NC(=O)Cn2nnc(-c3ccc(OCC(C)C)cc3)n2)cc1. The number of amides is 1. The molecule has 0 aliphatic carbocycles. The van der Waals surface area contributed by atoms with Crippen molar-refractivity contribution in [2.75, 3.05) is 19.0 Å². The fraction of sp³-hybridized carbons (Fsp3) is 0.286. The van der Waals surface area contributed by atoms with Crippen LogP contribution in [-0.4, -0.2) is 45.8 Å². The number of methoxy groups -OCH3 is 1. The maximum Gasteiger partial charge on any atom is 0.337 e. The molecule has 0 saturated carbocycles. The van der Waals surface area contributed by atoms with E-state index in [-0.39, 0.29) is 12.5 Å². The van der Waals surface area contributed by atoms with Crippen LogP contribution in [0.2, 0.25) is 0 Å². The fourth-order valence-corrected chi connectivity index (χ4v) is 2.53. The molecule has 156 valence electrons. The van der Waals surface area contributed by atoms with Gasteiger partial charge in [-0.25, -0.2) is 4.79 Å². The molecule has 1 N–H and O–H groups in total. The largest absolute Gasteiger partial charge is 0.493 e. The Morgan fingerprint density at radius 1 is 1.07 bits per heavy atom. The first-order valence-electron chi connectivity index (χ1n) is 9.44. The third-order valence-corrected chi connectivity index (χ3v) is 4.02. The van der Waals surface area contributed by atoms with E-state index in [1.54, 1.807) is 24.3 Å². The molecule has 0 aliphatic heterocycles. The highest BCUT2D eigenvalue weighted by Gasteiger charge is 2.11. The third-order valence-electron chi connectivity index (χ3n) is 4.02. The zero-order valence-electron chi connectivity index (χ0n) is 17.0. The van der Waals surface area contributed by atoms with E-state index in [2.05, 4.69) is 39.3 Å². The molecule has 0 fully saturated rings. The molecule has 0 saturated heterocycles. The standard InChI is InChI=1S/C21H23N5O4/c1-14(2)13-30-18-10-6-15(7-11-18)20-23-25-26(24-20)12-19(27)22-17-8-4-16(5-9-17)21(28)29-3/h4-11,14H,12-13H2,1-3H3,(H,22,27). The quantitative estimate of drug-likeness (QED) is 0.570. The van der Waals surface area contributed by atoms with Gasteiger partial charge in [0, 0.05) is 11.3 Å². The lowest BCUT2D eigenvalue weighted by Crippen LogP contribution is -2.20. The Hall–Kier alpha value is -3.75. The average Bonchev–Trinajstić information content (AvgIpc) is 3.20. The van der Waals surface area contributed by atoms with Gasteiger partial charge < -0.3 is 14.8 Å². The highest BCUT2D eigenvalue weighted by atomic mass is 16.5. The van der Waals surface area contributed by atoms with Crippen molar-refractivity contribution in [3.05, 3.63) is 54.1 Å². The van der Waals surface area contributed by atoms with Crippen LogP contribution in [0.15, 0.2) is 48.5 Å². The number of carbonyl (C=O) groups excluding carboxylic acids is 2. The number of tetrazole rings is 1. The van der Waals surface area contributed by atoms with Gasteiger partial charge in [-0.3, -0.25) is 4.79 Å². The highest BCUT2D eigenvalue weighted by molar-refractivity contribution is 5.92. The number of anilines is 1. The summed E-state index contributed by atoms with van der Waals surface area (Å²) >= 11 is 0. The molecule has 0 radical (unpaired) electrons. The van der Waals surface area contributed by atoms with Gasteiger partial charge >= 0.3 is 5.97 Å². The zero-order chi connectivity index (χ0) is 21.5. The van der Waals surface area contributed by atoms with E-state index in [4.69, 9.17) is 4.74 Å². The Balaban J connectivity index is 1.57. The Morgan fingerprint density at radius 3 is 2.40 bits per heavy atom. The Bertz CT molecular complexity index is 997. The molecule has 0 unspecified atom stereocenters. The van der Waals surface area contributed by atoms with E-state index in [0.29, 0.717) is 29.6 Å². The predicted molar refractivity (Wildman–Crippen MR) is 110 cm³/mol. The van der Waals surface area contributed by atoms with E-state index in [1.807, 2.05) is 24.3 Å². The van der Waals surface area contributed by atoms with Gasteiger partial charge in [0.2, 0.25) is 11.7 Å². The van der Waals surface area contributed by atoms with Gasteiger partial charge in [-0.2, -0.15) is 4.80 Å². The number of ether oxygens (including phenoxy) is 2. The minimum Gasteiger partial charge on any atom is -0.493 e. The summed E-state index contributed by atoms with van der Waals surface area (Å²) in [6.45, 7) is 4.73. The topological polar surface area (TPSA) is 108 Å². The summed E-state index contributed by atoms with van der Waals surface area (Å²) in [6, 6.07) is 13.8. The third kappa shape index (κ3) is 5.63. The van der Waals surface area contributed by atoms with E-state index in [0.717, 1.165) is 11.3 Å². The van der Waals surface area contributed by atoms with Crippen molar-refractivity contribution in [3.63, 3.8) is 0 Å². The smallest absolute Gasteiger partial charge is 0.337 e. The molecule has 0 aliphatic rings. The van der Waals surface area contributed by atoms with Crippen LogP contribution in [0, 0.1) is 5.92 Å². The van der Waals surface area contributed by atoms with Gasteiger partial charge in [-0.1, -0.05) is 13.8 Å². The van der Waals surface area contributed by atoms with E-state index in [9.17, 15) is 9.59 Å². The highest BCUT2D eigenvalue weighted by Crippen LogP contribution is 2.19. The minimum absolute atomic E-state index is 0.0959. The zero-order valence-corrected chi connectivity index (χ0v) is 17.0. The predicted octanol–water partition coefficient (Wildman–Crippen LogP) is 2.80. The number of benzene rings is 2.